The van der Waals surface area contributed by atoms with Crippen molar-refractivity contribution in [3.05, 3.63) is 0 Å². The average Bonchev–Trinajstić information content (AvgIpc) is 2.08. The Kier molecular flexibility index (Phi) is 4.19. The smallest absolute Gasteiger partial charge is 0.211 e. The van der Waals surface area contributed by atoms with Crippen molar-refractivity contribution in [3.8, 4) is 0 Å². The molecule has 0 aromatic heterocycles. The normalized spacial score (nSPS) is 27.3. The first kappa shape index (κ1) is 11.0. The lowest BCUT2D eigenvalue weighted by molar-refractivity contribution is 0.419. The van der Waals surface area contributed by atoms with Gasteiger partial charge in [0.25, 0.3) is 0 Å². The zero-order chi connectivity index (χ0) is 9.73. The first-order valence-corrected chi connectivity index (χ1v) is 6.76. The zero-order valence-corrected chi connectivity index (χ0v) is 9.07. The molecule has 1 rings (SSSR count). The lowest BCUT2D eigenvalue weighted by Gasteiger charge is -2.22. The van der Waals surface area contributed by atoms with E-state index in [-0.39, 0.29) is 0 Å². The highest BCUT2D eigenvalue weighted by molar-refractivity contribution is 7.89. The Morgan fingerprint density at radius 3 is 2.69 bits per heavy atom. The van der Waals surface area contributed by atoms with Gasteiger partial charge in [-0.15, -0.1) is 0 Å². The van der Waals surface area contributed by atoms with Crippen molar-refractivity contribution >= 4 is 10.0 Å². The minimum Gasteiger partial charge on any atom is -0.215 e. The summed E-state index contributed by atoms with van der Waals surface area (Å²) in [4.78, 5) is 0. The summed E-state index contributed by atoms with van der Waals surface area (Å²) in [7, 11) is -2.90. The fourth-order valence-corrected chi connectivity index (χ4v) is 2.95. The Hall–Kier alpha value is -0.0900. The Balaban J connectivity index is 2.18. The van der Waals surface area contributed by atoms with Crippen molar-refractivity contribution in [1.82, 2.24) is 4.72 Å². The molecule has 1 N–H and O–H groups in total. The lowest BCUT2D eigenvalue weighted by atomic mass is 9.99. The van der Waals surface area contributed by atoms with Crippen LogP contribution in [0.3, 0.4) is 0 Å². The minimum atomic E-state index is -2.90. The van der Waals surface area contributed by atoms with Crippen LogP contribution in [0.2, 0.25) is 0 Å². The predicted molar refractivity (Wildman–Crippen MR) is 54.0 cm³/mol. The van der Waals surface area contributed by atoms with E-state index in [1.807, 2.05) is 0 Å². The van der Waals surface area contributed by atoms with Crippen LogP contribution in [0.25, 0.3) is 0 Å². The van der Waals surface area contributed by atoms with Gasteiger partial charge in [0.05, 0.1) is 5.75 Å². The second-order valence-corrected chi connectivity index (χ2v) is 5.74. The number of sulfonamides is 1. The summed E-state index contributed by atoms with van der Waals surface area (Å²) in [6.07, 6.45) is 5.76. The van der Waals surface area contributed by atoms with Gasteiger partial charge in [0, 0.05) is 6.54 Å². The molecule has 0 radical (unpaired) electrons. The van der Waals surface area contributed by atoms with Crippen molar-refractivity contribution in [2.45, 2.75) is 39.0 Å². The van der Waals surface area contributed by atoms with E-state index in [0.717, 1.165) is 6.42 Å². The van der Waals surface area contributed by atoms with Crippen molar-refractivity contribution in [1.29, 1.82) is 0 Å². The van der Waals surface area contributed by atoms with Gasteiger partial charge < -0.3 is 0 Å². The monoisotopic (exact) mass is 205 g/mol. The molecule has 0 aromatic carbocycles. The van der Waals surface area contributed by atoms with E-state index in [1.165, 1.54) is 25.7 Å². The minimum absolute atomic E-state index is 0.323. The van der Waals surface area contributed by atoms with E-state index in [9.17, 15) is 8.42 Å². The van der Waals surface area contributed by atoms with E-state index >= 15 is 0 Å². The fraction of sp³-hybridized carbons (Fsp3) is 1.00. The number of hydrogen-bond donors (Lipinski definition) is 1. The topological polar surface area (TPSA) is 46.2 Å². The Labute approximate surface area is 81.0 Å². The highest BCUT2D eigenvalue weighted by atomic mass is 32.2. The van der Waals surface area contributed by atoms with Crippen LogP contribution in [0.4, 0.5) is 0 Å². The van der Waals surface area contributed by atoms with Gasteiger partial charge >= 0.3 is 0 Å². The van der Waals surface area contributed by atoms with Crippen LogP contribution in [0.15, 0.2) is 0 Å². The van der Waals surface area contributed by atoms with E-state index in [1.54, 1.807) is 0 Å². The first-order chi connectivity index (χ1) is 6.14. The Morgan fingerprint density at radius 2 is 2.15 bits per heavy atom. The van der Waals surface area contributed by atoms with Gasteiger partial charge in [-0.3, -0.25) is 0 Å². The highest BCUT2D eigenvalue weighted by Gasteiger charge is 2.21. The van der Waals surface area contributed by atoms with Gasteiger partial charge in [0.15, 0.2) is 0 Å². The van der Waals surface area contributed by atoms with Crippen molar-refractivity contribution in [2.75, 3.05) is 12.3 Å². The summed E-state index contributed by atoms with van der Waals surface area (Å²) >= 11 is 0. The molecule has 4 heteroatoms. The van der Waals surface area contributed by atoms with Gasteiger partial charge in [-0.1, -0.05) is 26.2 Å². The molecule has 0 bridgehead atoms. The van der Waals surface area contributed by atoms with Crippen LogP contribution in [-0.2, 0) is 10.0 Å². The number of hydrogen-bond acceptors (Lipinski definition) is 2. The summed E-state index contributed by atoms with van der Waals surface area (Å²) in [5, 5.41) is 0. The standard InChI is InChI=1S/C9H19NO2S/c1-2-3-4-5-9-6-7-13(11,12)10-8-9/h9-10H,2-8H2,1H3. The Bertz CT molecular complexity index is 222. The fourth-order valence-electron chi connectivity index (χ4n) is 1.67. The van der Waals surface area contributed by atoms with Crippen molar-refractivity contribution in [2.24, 2.45) is 5.92 Å². The number of nitrogens with one attached hydrogen (secondary N) is 1. The lowest BCUT2D eigenvalue weighted by Crippen LogP contribution is -2.37. The van der Waals surface area contributed by atoms with E-state index < -0.39 is 10.0 Å². The second-order valence-electron chi connectivity index (χ2n) is 3.82. The van der Waals surface area contributed by atoms with Gasteiger partial charge in [-0.2, -0.15) is 0 Å². The molecular formula is C9H19NO2S. The largest absolute Gasteiger partial charge is 0.215 e. The quantitative estimate of drug-likeness (QED) is 0.707. The van der Waals surface area contributed by atoms with Crippen LogP contribution >= 0.6 is 0 Å². The molecule has 1 unspecified atom stereocenters. The van der Waals surface area contributed by atoms with E-state index in [0.29, 0.717) is 18.2 Å². The predicted octanol–water partition coefficient (Wildman–Crippen LogP) is 1.51. The molecule has 1 saturated heterocycles. The molecule has 0 amide bonds. The third-order valence-electron chi connectivity index (χ3n) is 2.60. The molecule has 0 aromatic rings. The van der Waals surface area contributed by atoms with Crippen LogP contribution in [-0.4, -0.2) is 20.7 Å². The third kappa shape index (κ3) is 4.09. The molecule has 1 atom stereocenters. The molecule has 0 aliphatic carbocycles. The SMILES string of the molecule is CCCCCC1CCS(=O)(=O)NC1. The molecule has 0 spiro atoms. The maximum atomic E-state index is 11.0. The average molecular weight is 205 g/mol. The molecule has 1 heterocycles. The molecule has 3 nitrogen and oxygen atoms in total. The van der Waals surface area contributed by atoms with Gasteiger partial charge in [-0.25, -0.2) is 13.1 Å². The zero-order valence-electron chi connectivity index (χ0n) is 8.25. The summed E-state index contributed by atoms with van der Waals surface area (Å²) in [5.74, 6) is 0.902. The van der Waals surface area contributed by atoms with Crippen molar-refractivity contribution < 1.29 is 8.42 Å². The summed E-state index contributed by atoms with van der Waals surface area (Å²) in [5.41, 5.74) is 0. The third-order valence-corrected chi connectivity index (χ3v) is 3.98. The molecule has 13 heavy (non-hydrogen) atoms. The molecule has 78 valence electrons. The Morgan fingerprint density at radius 1 is 1.38 bits per heavy atom. The van der Waals surface area contributed by atoms with E-state index in [2.05, 4.69) is 11.6 Å². The number of rotatable bonds is 4. The maximum Gasteiger partial charge on any atom is 0.211 e. The highest BCUT2D eigenvalue weighted by Crippen LogP contribution is 2.17. The van der Waals surface area contributed by atoms with Crippen LogP contribution in [0.1, 0.15) is 39.0 Å². The first-order valence-electron chi connectivity index (χ1n) is 5.11. The van der Waals surface area contributed by atoms with E-state index in [4.69, 9.17) is 0 Å². The maximum absolute atomic E-state index is 11.0. The molecule has 1 aliphatic rings. The van der Waals surface area contributed by atoms with Crippen molar-refractivity contribution in [3.63, 3.8) is 0 Å². The molecule has 0 saturated carbocycles. The summed E-state index contributed by atoms with van der Waals surface area (Å²) in [6, 6.07) is 0. The summed E-state index contributed by atoms with van der Waals surface area (Å²) in [6.45, 7) is 2.84. The van der Waals surface area contributed by atoms with Gasteiger partial charge in [0.1, 0.15) is 0 Å². The second kappa shape index (κ2) is 4.96. The van der Waals surface area contributed by atoms with Gasteiger partial charge in [-0.05, 0) is 18.8 Å². The van der Waals surface area contributed by atoms with Crippen LogP contribution in [0.5, 0.6) is 0 Å². The summed E-state index contributed by atoms with van der Waals surface area (Å²) < 4.78 is 24.6. The molecular weight excluding hydrogens is 186 g/mol. The van der Waals surface area contributed by atoms with Gasteiger partial charge in [0.2, 0.25) is 10.0 Å². The molecule has 1 aliphatic heterocycles. The van der Waals surface area contributed by atoms with Crippen LogP contribution < -0.4 is 4.72 Å². The van der Waals surface area contributed by atoms with Crippen LogP contribution in [0, 0.1) is 5.92 Å². The number of unbranched alkanes of at least 4 members (excludes halogenated alkanes) is 2. The molecule has 1 fully saturated rings.